The van der Waals surface area contributed by atoms with Crippen LogP contribution in [0, 0.1) is 0 Å². The van der Waals surface area contributed by atoms with Crippen LogP contribution in [0.15, 0.2) is 47.4 Å². The summed E-state index contributed by atoms with van der Waals surface area (Å²) in [5.74, 6) is 0.430. The number of hydrogen-bond acceptors (Lipinski definition) is 4. The van der Waals surface area contributed by atoms with Gasteiger partial charge in [-0.2, -0.15) is 0 Å². The summed E-state index contributed by atoms with van der Waals surface area (Å²) in [4.78, 5) is 12.5. The lowest BCUT2D eigenvalue weighted by molar-refractivity contribution is 0.0692. The van der Waals surface area contributed by atoms with Crippen LogP contribution >= 0.6 is 11.8 Å². The van der Waals surface area contributed by atoms with Crippen molar-refractivity contribution in [2.24, 2.45) is 0 Å². The number of carboxylic acids is 1. The van der Waals surface area contributed by atoms with Crippen LogP contribution in [0.5, 0.6) is 5.75 Å². The van der Waals surface area contributed by atoms with E-state index in [0.29, 0.717) is 12.3 Å². The second kappa shape index (κ2) is 5.69. The first-order chi connectivity index (χ1) is 10.2. The van der Waals surface area contributed by atoms with Crippen LogP contribution in [0.1, 0.15) is 21.8 Å². The van der Waals surface area contributed by atoms with Crippen LogP contribution in [0.25, 0.3) is 0 Å². The zero-order valence-electron chi connectivity index (χ0n) is 11.3. The van der Waals surface area contributed by atoms with Gasteiger partial charge in [-0.1, -0.05) is 24.3 Å². The molecule has 0 saturated carbocycles. The first-order valence-electron chi connectivity index (χ1n) is 6.63. The molecule has 2 aromatic rings. The number of thioether (sulfide) groups is 1. The summed E-state index contributed by atoms with van der Waals surface area (Å²) in [6.07, 6.45) is 0. The topological polar surface area (TPSA) is 72.6 Å². The van der Waals surface area contributed by atoms with Gasteiger partial charge in [-0.3, -0.25) is 0 Å². The van der Waals surface area contributed by atoms with E-state index in [4.69, 9.17) is 10.5 Å². The number of aromatic carboxylic acids is 1. The predicted octanol–water partition coefficient (Wildman–Crippen LogP) is 3.24. The Labute approximate surface area is 126 Å². The van der Waals surface area contributed by atoms with Gasteiger partial charge in [0.05, 0.1) is 12.3 Å². The van der Waals surface area contributed by atoms with Crippen LogP contribution in [-0.4, -0.2) is 23.4 Å². The third-order valence-corrected chi connectivity index (χ3v) is 4.76. The number of anilines is 1. The number of para-hydroxylation sites is 1. The van der Waals surface area contributed by atoms with E-state index in [9.17, 15) is 9.90 Å². The number of rotatable bonds is 4. The van der Waals surface area contributed by atoms with Crippen molar-refractivity contribution in [3.8, 4) is 5.75 Å². The highest BCUT2D eigenvalue weighted by Gasteiger charge is 2.24. The van der Waals surface area contributed by atoms with Crippen molar-refractivity contribution in [1.82, 2.24) is 0 Å². The van der Waals surface area contributed by atoms with Crippen LogP contribution < -0.4 is 10.5 Å². The fourth-order valence-corrected chi connectivity index (χ4v) is 3.67. The number of carbonyl (C=O) groups is 1. The molecule has 1 aliphatic rings. The molecule has 0 aliphatic carbocycles. The molecule has 0 radical (unpaired) electrons. The van der Waals surface area contributed by atoms with Crippen molar-refractivity contribution in [3.05, 3.63) is 53.6 Å². The van der Waals surface area contributed by atoms with Crippen LogP contribution in [0.2, 0.25) is 0 Å². The summed E-state index contributed by atoms with van der Waals surface area (Å²) in [6, 6.07) is 13.0. The van der Waals surface area contributed by atoms with Crippen LogP contribution in [0.4, 0.5) is 5.69 Å². The van der Waals surface area contributed by atoms with Crippen LogP contribution in [-0.2, 0) is 0 Å². The van der Waals surface area contributed by atoms with Crippen molar-refractivity contribution in [2.75, 3.05) is 18.1 Å². The Morgan fingerprint density at radius 2 is 2.10 bits per heavy atom. The maximum atomic E-state index is 11.2. The number of fused-ring (bicyclic) bond motifs is 1. The third kappa shape index (κ3) is 2.69. The Morgan fingerprint density at radius 3 is 2.90 bits per heavy atom. The average Bonchev–Trinajstić information content (AvgIpc) is 2.89. The van der Waals surface area contributed by atoms with E-state index in [1.54, 1.807) is 23.9 Å². The SMILES string of the molecule is Nc1cccc(C(=O)O)c1OCC1CSc2ccccc21. The second-order valence-corrected chi connectivity index (χ2v) is 5.95. The van der Waals surface area contributed by atoms with Crippen molar-refractivity contribution in [2.45, 2.75) is 10.8 Å². The standard InChI is InChI=1S/C16H15NO3S/c17-13-6-3-5-12(16(18)19)15(13)20-8-10-9-21-14-7-2-1-4-11(10)14/h1-7,10H,8-9,17H2,(H,18,19). The maximum absolute atomic E-state index is 11.2. The van der Waals surface area contributed by atoms with E-state index in [2.05, 4.69) is 12.1 Å². The zero-order valence-corrected chi connectivity index (χ0v) is 12.1. The molecule has 0 spiro atoms. The summed E-state index contributed by atoms with van der Waals surface area (Å²) >= 11 is 1.80. The number of nitrogen functional groups attached to an aromatic ring is 1. The van der Waals surface area contributed by atoms with Crippen molar-refractivity contribution in [3.63, 3.8) is 0 Å². The maximum Gasteiger partial charge on any atom is 0.339 e. The van der Waals surface area contributed by atoms with Crippen LogP contribution in [0.3, 0.4) is 0 Å². The number of nitrogens with two attached hydrogens (primary N) is 1. The van der Waals surface area contributed by atoms with Gasteiger partial charge < -0.3 is 15.6 Å². The minimum atomic E-state index is -1.03. The molecule has 0 saturated heterocycles. The molecule has 0 amide bonds. The summed E-state index contributed by atoms with van der Waals surface area (Å²) in [5.41, 5.74) is 7.56. The smallest absolute Gasteiger partial charge is 0.339 e. The van der Waals surface area contributed by atoms with Crippen molar-refractivity contribution in [1.29, 1.82) is 0 Å². The molecule has 4 nitrogen and oxygen atoms in total. The van der Waals surface area contributed by atoms with Gasteiger partial charge >= 0.3 is 5.97 Å². The molecule has 3 N–H and O–H groups in total. The lowest BCUT2D eigenvalue weighted by Gasteiger charge is -2.15. The Balaban J connectivity index is 1.79. The Hall–Kier alpha value is -2.14. The largest absolute Gasteiger partial charge is 0.490 e. The summed E-state index contributed by atoms with van der Waals surface area (Å²) < 4.78 is 5.75. The average molecular weight is 301 g/mol. The van der Waals surface area contributed by atoms with E-state index in [1.807, 2.05) is 12.1 Å². The fraction of sp³-hybridized carbons (Fsp3) is 0.188. The molecule has 1 atom stereocenters. The van der Waals surface area contributed by atoms with Gasteiger partial charge in [0.2, 0.25) is 0 Å². The number of hydrogen-bond donors (Lipinski definition) is 2. The molecule has 3 rings (SSSR count). The van der Waals surface area contributed by atoms with Gasteiger partial charge in [-0.25, -0.2) is 4.79 Å². The lowest BCUT2D eigenvalue weighted by Crippen LogP contribution is -2.13. The molecule has 0 bridgehead atoms. The van der Waals surface area contributed by atoms with Gasteiger partial charge in [0, 0.05) is 16.6 Å². The van der Waals surface area contributed by atoms with Gasteiger partial charge in [-0.05, 0) is 23.8 Å². The van der Waals surface area contributed by atoms with E-state index in [-0.39, 0.29) is 17.2 Å². The van der Waals surface area contributed by atoms with Gasteiger partial charge in [0.25, 0.3) is 0 Å². The highest BCUT2D eigenvalue weighted by Crippen LogP contribution is 2.40. The summed E-state index contributed by atoms with van der Waals surface area (Å²) in [7, 11) is 0. The summed E-state index contributed by atoms with van der Waals surface area (Å²) in [5, 5.41) is 9.20. The highest BCUT2D eigenvalue weighted by atomic mass is 32.2. The lowest BCUT2D eigenvalue weighted by atomic mass is 10.0. The molecule has 1 heterocycles. The van der Waals surface area contributed by atoms with Gasteiger partial charge in [-0.15, -0.1) is 11.8 Å². The predicted molar refractivity (Wildman–Crippen MR) is 83.2 cm³/mol. The minimum Gasteiger partial charge on any atom is -0.490 e. The second-order valence-electron chi connectivity index (χ2n) is 4.89. The zero-order chi connectivity index (χ0) is 14.8. The Morgan fingerprint density at radius 1 is 1.29 bits per heavy atom. The summed E-state index contributed by atoms with van der Waals surface area (Å²) in [6.45, 7) is 0.429. The van der Waals surface area contributed by atoms with E-state index < -0.39 is 5.97 Å². The molecule has 1 aliphatic heterocycles. The van der Waals surface area contributed by atoms with E-state index >= 15 is 0 Å². The molecule has 108 valence electrons. The first kappa shape index (κ1) is 13.8. The third-order valence-electron chi connectivity index (χ3n) is 3.50. The number of benzene rings is 2. The Kier molecular flexibility index (Phi) is 3.75. The van der Waals surface area contributed by atoms with Crippen molar-refractivity contribution >= 4 is 23.4 Å². The van der Waals surface area contributed by atoms with Gasteiger partial charge in [0.1, 0.15) is 5.56 Å². The monoisotopic (exact) mass is 301 g/mol. The van der Waals surface area contributed by atoms with Gasteiger partial charge in [0.15, 0.2) is 5.75 Å². The molecular formula is C16H15NO3S. The molecule has 0 aromatic heterocycles. The molecule has 0 fully saturated rings. The normalized spacial score (nSPS) is 16.5. The minimum absolute atomic E-state index is 0.105. The molecule has 21 heavy (non-hydrogen) atoms. The van der Waals surface area contributed by atoms with E-state index in [1.165, 1.54) is 16.5 Å². The molecule has 5 heteroatoms. The number of ether oxygens (including phenoxy) is 1. The Bertz CT molecular complexity index is 687. The molecule has 1 unspecified atom stereocenters. The first-order valence-corrected chi connectivity index (χ1v) is 7.61. The molecular weight excluding hydrogens is 286 g/mol. The number of carboxylic acid groups (broad SMARTS) is 1. The highest BCUT2D eigenvalue weighted by molar-refractivity contribution is 7.99. The fourth-order valence-electron chi connectivity index (χ4n) is 2.44. The molecule has 2 aromatic carbocycles. The quantitative estimate of drug-likeness (QED) is 0.848. The van der Waals surface area contributed by atoms with Crippen molar-refractivity contribution < 1.29 is 14.6 Å². The van der Waals surface area contributed by atoms with E-state index in [0.717, 1.165) is 5.75 Å².